The molecule has 0 aliphatic carbocycles. The molecule has 0 fully saturated rings. The highest BCUT2D eigenvalue weighted by molar-refractivity contribution is 6.41. The molecule has 6 heteroatoms. The summed E-state index contributed by atoms with van der Waals surface area (Å²) in [5.74, 6) is 0. The predicted molar refractivity (Wildman–Crippen MR) is 77.6 cm³/mol. The summed E-state index contributed by atoms with van der Waals surface area (Å²) in [5, 5.41) is 8.57. The zero-order valence-electron chi connectivity index (χ0n) is 9.64. The van der Waals surface area contributed by atoms with Gasteiger partial charge in [0.25, 0.3) is 0 Å². The van der Waals surface area contributed by atoms with Gasteiger partial charge in [0.2, 0.25) is 0 Å². The van der Waals surface area contributed by atoms with E-state index in [0.29, 0.717) is 10.7 Å². The fourth-order valence-corrected chi connectivity index (χ4v) is 1.94. The Labute approximate surface area is 119 Å². The molecular weight excluding hydrogens is 283 g/mol. The lowest BCUT2D eigenvalue weighted by atomic mass is 10.2. The normalized spacial score (nSPS) is 11.5. The van der Waals surface area contributed by atoms with E-state index in [-0.39, 0.29) is 5.15 Å². The number of halogens is 2. The summed E-state index contributed by atoms with van der Waals surface area (Å²) in [6, 6.07) is 7.57. The van der Waals surface area contributed by atoms with Crippen LogP contribution in [0, 0.1) is 0 Å². The summed E-state index contributed by atoms with van der Waals surface area (Å²) < 4.78 is 0. The molecule has 19 heavy (non-hydrogen) atoms. The Kier molecular flexibility index (Phi) is 3.19. The SMILES string of the molecule is Clc1cc(/N=C/c2ccc3[nH]ncc3c2)cnc1Cl. The van der Waals surface area contributed by atoms with Crippen molar-refractivity contribution in [3.05, 3.63) is 52.4 Å². The smallest absolute Gasteiger partial charge is 0.147 e. The number of hydrogen-bond donors (Lipinski definition) is 1. The zero-order valence-corrected chi connectivity index (χ0v) is 11.2. The lowest BCUT2D eigenvalue weighted by Gasteiger charge is -1.97. The van der Waals surface area contributed by atoms with E-state index in [0.717, 1.165) is 16.5 Å². The van der Waals surface area contributed by atoms with Crippen molar-refractivity contribution in [2.75, 3.05) is 0 Å². The number of benzene rings is 1. The molecule has 0 radical (unpaired) electrons. The zero-order chi connectivity index (χ0) is 13.2. The van der Waals surface area contributed by atoms with Crippen LogP contribution < -0.4 is 0 Å². The minimum absolute atomic E-state index is 0.278. The lowest BCUT2D eigenvalue weighted by Crippen LogP contribution is -1.81. The van der Waals surface area contributed by atoms with Crippen molar-refractivity contribution in [2.45, 2.75) is 0 Å². The number of aromatic nitrogens is 3. The Bertz CT molecular complexity index is 764. The number of H-pyrrole nitrogens is 1. The Morgan fingerprint density at radius 3 is 2.89 bits per heavy atom. The summed E-state index contributed by atoms with van der Waals surface area (Å²) in [6.07, 6.45) is 5.09. The van der Waals surface area contributed by atoms with Crippen LogP contribution in [-0.2, 0) is 0 Å². The molecule has 0 saturated heterocycles. The van der Waals surface area contributed by atoms with Gasteiger partial charge in [0.05, 0.1) is 28.6 Å². The highest BCUT2D eigenvalue weighted by Crippen LogP contribution is 2.23. The average Bonchev–Trinajstić information content (AvgIpc) is 2.87. The summed E-state index contributed by atoms with van der Waals surface area (Å²) in [5.41, 5.74) is 2.62. The summed E-state index contributed by atoms with van der Waals surface area (Å²) in [6.45, 7) is 0. The Balaban J connectivity index is 1.90. The third-order valence-corrected chi connectivity index (χ3v) is 3.29. The molecule has 0 spiro atoms. The van der Waals surface area contributed by atoms with E-state index in [1.807, 2.05) is 18.2 Å². The fourth-order valence-electron chi connectivity index (χ4n) is 1.67. The number of aromatic amines is 1. The maximum Gasteiger partial charge on any atom is 0.147 e. The molecule has 0 aliphatic rings. The third-order valence-electron chi connectivity index (χ3n) is 2.61. The van der Waals surface area contributed by atoms with Crippen LogP contribution in [0.3, 0.4) is 0 Å². The quantitative estimate of drug-likeness (QED) is 0.572. The maximum atomic E-state index is 5.88. The molecule has 1 aromatic carbocycles. The number of nitrogens with one attached hydrogen (secondary N) is 1. The van der Waals surface area contributed by atoms with E-state index in [1.165, 1.54) is 0 Å². The molecule has 0 aliphatic heterocycles. The largest absolute Gasteiger partial charge is 0.278 e. The standard InChI is InChI=1S/C13H8Cl2N4/c14-11-4-10(7-17-13(11)15)16-5-8-1-2-12-9(3-8)6-18-19-12/h1-7H,(H,18,19)/b16-5+. The van der Waals surface area contributed by atoms with Crippen molar-refractivity contribution < 1.29 is 0 Å². The Morgan fingerprint density at radius 1 is 1.16 bits per heavy atom. The molecule has 0 saturated carbocycles. The molecule has 2 heterocycles. The van der Waals surface area contributed by atoms with Crippen LogP contribution in [0.1, 0.15) is 5.56 Å². The van der Waals surface area contributed by atoms with Crippen molar-refractivity contribution in [3.63, 3.8) is 0 Å². The monoisotopic (exact) mass is 290 g/mol. The third kappa shape index (κ3) is 2.59. The number of pyridine rings is 1. The molecule has 3 aromatic rings. The van der Waals surface area contributed by atoms with Gasteiger partial charge in [0.1, 0.15) is 5.15 Å². The van der Waals surface area contributed by atoms with Gasteiger partial charge in [-0.1, -0.05) is 29.3 Å². The average molecular weight is 291 g/mol. The van der Waals surface area contributed by atoms with Gasteiger partial charge in [0, 0.05) is 11.6 Å². The number of rotatable bonds is 2. The van der Waals surface area contributed by atoms with Gasteiger partial charge < -0.3 is 0 Å². The van der Waals surface area contributed by atoms with E-state index >= 15 is 0 Å². The molecule has 4 nitrogen and oxygen atoms in total. The first kappa shape index (κ1) is 12.1. The predicted octanol–water partition coefficient (Wildman–Crippen LogP) is 4.02. The van der Waals surface area contributed by atoms with Crippen LogP contribution in [0.15, 0.2) is 41.7 Å². The van der Waals surface area contributed by atoms with E-state index in [4.69, 9.17) is 23.2 Å². The Morgan fingerprint density at radius 2 is 2.05 bits per heavy atom. The van der Waals surface area contributed by atoms with Gasteiger partial charge in [-0.15, -0.1) is 0 Å². The minimum atomic E-state index is 0.278. The number of fused-ring (bicyclic) bond motifs is 1. The molecule has 0 amide bonds. The second-order valence-electron chi connectivity index (χ2n) is 3.94. The van der Waals surface area contributed by atoms with Crippen molar-refractivity contribution in [1.82, 2.24) is 15.2 Å². The lowest BCUT2D eigenvalue weighted by molar-refractivity contribution is 1.12. The number of aliphatic imine (C=N–C) groups is 1. The van der Waals surface area contributed by atoms with Crippen LogP contribution in [0.4, 0.5) is 5.69 Å². The number of nitrogens with zero attached hydrogens (tertiary/aromatic N) is 3. The van der Waals surface area contributed by atoms with E-state index in [9.17, 15) is 0 Å². The first-order chi connectivity index (χ1) is 9.22. The van der Waals surface area contributed by atoms with Crippen LogP contribution in [0.2, 0.25) is 10.2 Å². The van der Waals surface area contributed by atoms with Crippen molar-refractivity contribution in [2.24, 2.45) is 4.99 Å². The van der Waals surface area contributed by atoms with Gasteiger partial charge in [-0.2, -0.15) is 5.10 Å². The fraction of sp³-hybridized carbons (Fsp3) is 0. The van der Waals surface area contributed by atoms with Gasteiger partial charge >= 0.3 is 0 Å². The topological polar surface area (TPSA) is 53.9 Å². The van der Waals surface area contributed by atoms with Crippen LogP contribution >= 0.6 is 23.2 Å². The van der Waals surface area contributed by atoms with Crippen molar-refractivity contribution in [1.29, 1.82) is 0 Å². The van der Waals surface area contributed by atoms with Crippen molar-refractivity contribution in [3.8, 4) is 0 Å². The van der Waals surface area contributed by atoms with Crippen LogP contribution in [-0.4, -0.2) is 21.4 Å². The van der Waals surface area contributed by atoms with E-state index < -0.39 is 0 Å². The van der Waals surface area contributed by atoms with Crippen molar-refractivity contribution >= 4 is 46.0 Å². The molecule has 94 valence electrons. The molecule has 0 bridgehead atoms. The van der Waals surface area contributed by atoms with Crippen LogP contribution in [0.25, 0.3) is 10.9 Å². The molecule has 0 atom stereocenters. The molecular formula is C13H8Cl2N4. The molecule has 2 aromatic heterocycles. The second kappa shape index (κ2) is 4.99. The maximum absolute atomic E-state index is 5.88. The summed E-state index contributed by atoms with van der Waals surface area (Å²) in [4.78, 5) is 8.25. The highest BCUT2D eigenvalue weighted by atomic mass is 35.5. The van der Waals surface area contributed by atoms with Gasteiger partial charge in [0.15, 0.2) is 0 Å². The minimum Gasteiger partial charge on any atom is -0.278 e. The first-order valence-electron chi connectivity index (χ1n) is 5.50. The second-order valence-corrected chi connectivity index (χ2v) is 4.71. The molecule has 0 unspecified atom stereocenters. The van der Waals surface area contributed by atoms with Gasteiger partial charge in [-0.25, -0.2) is 4.98 Å². The molecule has 1 N–H and O–H groups in total. The van der Waals surface area contributed by atoms with E-state index in [1.54, 1.807) is 24.7 Å². The van der Waals surface area contributed by atoms with Gasteiger partial charge in [-0.3, -0.25) is 10.1 Å². The number of hydrogen-bond acceptors (Lipinski definition) is 3. The van der Waals surface area contributed by atoms with Gasteiger partial charge in [-0.05, 0) is 23.8 Å². The summed E-state index contributed by atoms with van der Waals surface area (Å²) in [7, 11) is 0. The first-order valence-corrected chi connectivity index (χ1v) is 6.26. The summed E-state index contributed by atoms with van der Waals surface area (Å²) >= 11 is 11.6. The molecule has 3 rings (SSSR count). The van der Waals surface area contributed by atoms with E-state index in [2.05, 4.69) is 20.2 Å². The van der Waals surface area contributed by atoms with Crippen LogP contribution in [0.5, 0.6) is 0 Å². The Hall–Kier alpha value is -1.91. The highest BCUT2D eigenvalue weighted by Gasteiger charge is 2.00.